The fraction of sp³-hybridized carbons (Fsp3) is 0.317. The van der Waals surface area contributed by atoms with Gasteiger partial charge < -0.3 is 28.4 Å². The van der Waals surface area contributed by atoms with Crippen LogP contribution in [0, 0.1) is 0 Å². The molecule has 0 N–H and O–H groups in total. The third kappa shape index (κ3) is 11.5. The average molecular weight is 729 g/mol. The lowest BCUT2D eigenvalue weighted by Crippen LogP contribution is -2.08. The minimum Gasteiger partial charge on any atom is -0.495 e. The number of rotatable bonds is 18. The van der Waals surface area contributed by atoms with Gasteiger partial charge in [-0.05, 0) is 73.2 Å². The van der Waals surface area contributed by atoms with Crippen molar-refractivity contribution < 1.29 is 47.6 Å². The summed E-state index contributed by atoms with van der Waals surface area (Å²) >= 11 is 0. The van der Waals surface area contributed by atoms with E-state index in [1.807, 2.05) is 6.92 Å². The summed E-state index contributed by atoms with van der Waals surface area (Å²) < 4.78 is 31.1. The number of benzene rings is 2. The number of aryl methyl sites for hydroxylation is 1. The third-order valence-corrected chi connectivity index (χ3v) is 7.93. The van der Waals surface area contributed by atoms with Crippen LogP contribution < -0.4 is 28.4 Å². The van der Waals surface area contributed by atoms with Crippen LogP contribution in [-0.2, 0) is 6.42 Å². The van der Waals surface area contributed by atoms with Gasteiger partial charge in [-0.25, -0.2) is 9.97 Å². The Morgan fingerprint density at radius 3 is 1.30 bits per heavy atom. The molecule has 0 radical (unpaired) electrons. The second kappa shape index (κ2) is 21.4. The molecule has 0 unspecified atom stereocenters. The van der Waals surface area contributed by atoms with Crippen molar-refractivity contribution in [2.75, 3.05) is 42.7 Å². The molecule has 282 valence electrons. The van der Waals surface area contributed by atoms with Crippen molar-refractivity contribution in [2.45, 2.75) is 46.5 Å². The van der Waals surface area contributed by atoms with E-state index in [0.717, 1.165) is 5.69 Å². The van der Waals surface area contributed by atoms with E-state index < -0.39 is 0 Å². The van der Waals surface area contributed by atoms with Crippen LogP contribution in [-0.4, -0.2) is 75.8 Å². The van der Waals surface area contributed by atoms with Gasteiger partial charge in [0.25, 0.3) is 0 Å². The molecule has 0 fully saturated rings. The minimum absolute atomic E-state index is 0. The van der Waals surface area contributed by atoms with Crippen LogP contribution in [0.2, 0.25) is 0 Å². The van der Waals surface area contributed by atoms with E-state index in [1.165, 1.54) is 41.6 Å². The van der Waals surface area contributed by atoms with E-state index in [2.05, 4.69) is 16.5 Å². The summed E-state index contributed by atoms with van der Waals surface area (Å²) in [5.41, 5.74) is 2.79. The Hall–Kier alpha value is -6.04. The summed E-state index contributed by atoms with van der Waals surface area (Å²) in [4.78, 5) is 58.0. The maximum atomic E-state index is 12.4. The summed E-state index contributed by atoms with van der Waals surface area (Å²) in [7, 11) is 9.16. The predicted molar refractivity (Wildman–Crippen MR) is 203 cm³/mol. The molecule has 0 saturated heterocycles. The molecule has 2 heterocycles. The smallest absolute Gasteiger partial charge is 0.181 e. The Morgan fingerprint density at radius 2 is 0.906 bits per heavy atom. The van der Waals surface area contributed by atoms with Gasteiger partial charge in [-0.1, -0.05) is 20.9 Å². The van der Waals surface area contributed by atoms with E-state index >= 15 is 0 Å². The summed E-state index contributed by atoms with van der Waals surface area (Å²) in [6, 6.07) is 16.5. The molecule has 0 amide bonds. The second-order valence-corrected chi connectivity index (χ2v) is 11.0. The number of carbonyl (C=O) groups is 4. The molecule has 4 aromatic rings. The number of pyridine rings is 2. The zero-order valence-electron chi connectivity index (χ0n) is 30.6. The van der Waals surface area contributed by atoms with Crippen molar-refractivity contribution in [1.29, 1.82) is 0 Å². The fourth-order valence-electron chi connectivity index (χ4n) is 5.04. The number of carbonyl (C=O) groups excluding carboxylic acids is 4. The molecule has 0 aliphatic carbocycles. The zero-order valence-corrected chi connectivity index (χ0v) is 30.6. The van der Waals surface area contributed by atoms with Crippen LogP contribution in [0.15, 0.2) is 67.2 Å². The molecule has 12 nitrogen and oxygen atoms in total. The molecular weight excluding hydrogens is 680 g/mol. The molecule has 2 aromatic carbocycles. The van der Waals surface area contributed by atoms with Gasteiger partial charge in [0.2, 0.25) is 0 Å². The van der Waals surface area contributed by atoms with Crippen molar-refractivity contribution in [3.05, 3.63) is 101 Å². The summed E-state index contributed by atoms with van der Waals surface area (Å²) in [5.74, 6) is 2.56. The third-order valence-electron chi connectivity index (χ3n) is 7.93. The standard InChI is InChI=1S/C20H23NO5.C20H21NO5.CH4/c2*1-5-14-18(24-2)11-7-15(21-14)17(23)9-8-16(22)13-6-10-19(25-3)20(12-13)26-4;/h6-7,10-12H,5,8-9H2,1-4H3;5-7,10-12H,1,8-9H2,2-4H3;1H4. The van der Waals surface area contributed by atoms with Crippen LogP contribution >= 0.6 is 0 Å². The molecule has 0 atom stereocenters. The van der Waals surface area contributed by atoms with Crippen LogP contribution in [0.5, 0.6) is 34.5 Å². The number of ketones is 4. The Morgan fingerprint density at radius 1 is 0.528 bits per heavy atom. The Balaban J connectivity index is 0.000000360. The summed E-state index contributed by atoms with van der Waals surface area (Å²) in [6.07, 6.45) is 2.51. The van der Waals surface area contributed by atoms with Gasteiger partial charge in [0.1, 0.15) is 28.6 Å². The monoisotopic (exact) mass is 728 g/mol. The van der Waals surface area contributed by atoms with Crippen molar-refractivity contribution >= 4 is 29.2 Å². The Bertz CT molecular complexity index is 1840. The van der Waals surface area contributed by atoms with Gasteiger partial charge >= 0.3 is 0 Å². The minimum atomic E-state index is -0.218. The van der Waals surface area contributed by atoms with Gasteiger partial charge in [0.05, 0.1) is 48.4 Å². The summed E-state index contributed by atoms with van der Waals surface area (Å²) in [6.45, 7) is 5.60. The second-order valence-electron chi connectivity index (χ2n) is 11.0. The van der Waals surface area contributed by atoms with Gasteiger partial charge in [-0.2, -0.15) is 0 Å². The molecule has 53 heavy (non-hydrogen) atoms. The number of Topliss-reactive ketones (excluding diaryl/α,β-unsaturated/α-hetero) is 4. The number of hydrogen-bond acceptors (Lipinski definition) is 12. The highest BCUT2D eigenvalue weighted by atomic mass is 16.5. The topological polar surface area (TPSA) is 149 Å². The van der Waals surface area contributed by atoms with Gasteiger partial charge in [0, 0.05) is 36.8 Å². The first kappa shape index (κ1) is 43.1. The first-order chi connectivity index (χ1) is 25.1. The van der Waals surface area contributed by atoms with Crippen molar-refractivity contribution in [3.63, 3.8) is 0 Å². The van der Waals surface area contributed by atoms with Gasteiger partial charge in [-0.15, -0.1) is 0 Å². The maximum Gasteiger partial charge on any atom is 0.181 e. The lowest BCUT2D eigenvalue weighted by Gasteiger charge is -2.09. The Labute approximate surface area is 311 Å². The molecule has 0 saturated carbocycles. The number of nitrogens with zero attached hydrogens (tertiary/aromatic N) is 2. The highest BCUT2D eigenvalue weighted by Gasteiger charge is 2.17. The largest absolute Gasteiger partial charge is 0.495 e. The first-order valence-corrected chi connectivity index (χ1v) is 16.4. The highest BCUT2D eigenvalue weighted by molar-refractivity contribution is 6.02. The van der Waals surface area contributed by atoms with E-state index in [9.17, 15) is 19.2 Å². The molecule has 0 aliphatic heterocycles. The molecule has 2 aromatic heterocycles. The molecule has 0 spiro atoms. The van der Waals surface area contributed by atoms with Gasteiger partial charge in [-0.3, -0.25) is 19.2 Å². The van der Waals surface area contributed by atoms with Crippen LogP contribution in [0.3, 0.4) is 0 Å². The van der Waals surface area contributed by atoms with E-state index in [4.69, 9.17) is 28.4 Å². The van der Waals surface area contributed by atoms with Crippen molar-refractivity contribution in [3.8, 4) is 34.5 Å². The molecule has 4 rings (SSSR count). The van der Waals surface area contributed by atoms with Crippen LogP contribution in [0.25, 0.3) is 6.08 Å². The first-order valence-electron chi connectivity index (χ1n) is 16.4. The number of hydrogen-bond donors (Lipinski definition) is 0. The predicted octanol–water partition coefficient (Wildman–Crippen LogP) is 7.75. The zero-order chi connectivity index (χ0) is 38.2. The van der Waals surface area contributed by atoms with E-state index in [-0.39, 0.29) is 61.9 Å². The van der Waals surface area contributed by atoms with Crippen molar-refractivity contribution in [2.24, 2.45) is 0 Å². The van der Waals surface area contributed by atoms with E-state index in [1.54, 1.807) is 67.8 Å². The quantitative estimate of drug-likeness (QED) is 0.0922. The van der Waals surface area contributed by atoms with Gasteiger partial charge in [0.15, 0.2) is 46.1 Å². The molecule has 0 aliphatic rings. The molecule has 12 heteroatoms. The van der Waals surface area contributed by atoms with Crippen LogP contribution in [0.1, 0.15) is 93.1 Å². The lowest BCUT2D eigenvalue weighted by atomic mass is 10.0. The van der Waals surface area contributed by atoms with E-state index in [0.29, 0.717) is 63.4 Å². The number of ether oxygens (including phenoxy) is 6. The lowest BCUT2D eigenvalue weighted by molar-refractivity contribution is 0.0914. The van der Waals surface area contributed by atoms with Crippen LogP contribution in [0.4, 0.5) is 0 Å². The molecular formula is C41H48N2O10. The molecule has 0 bridgehead atoms. The highest BCUT2D eigenvalue weighted by Crippen LogP contribution is 2.29. The fourth-order valence-corrected chi connectivity index (χ4v) is 5.04. The SMILES string of the molecule is C.C=Cc1nc(C(=O)CCC(=O)c2ccc(OC)c(OC)c2)ccc1OC.CCc1nc(C(=O)CCC(=O)c2ccc(OC)c(OC)c2)ccc1OC. The normalized spacial score (nSPS) is 10.0. The average Bonchev–Trinajstić information content (AvgIpc) is 3.20. The van der Waals surface area contributed by atoms with Crippen molar-refractivity contribution in [1.82, 2.24) is 9.97 Å². The maximum absolute atomic E-state index is 12.4. The Kier molecular flexibility index (Phi) is 17.4. The number of aromatic nitrogens is 2. The summed E-state index contributed by atoms with van der Waals surface area (Å²) in [5, 5.41) is 0. The number of methoxy groups -OCH3 is 6.